The van der Waals surface area contributed by atoms with E-state index in [0.717, 1.165) is 17.3 Å². The lowest BCUT2D eigenvalue weighted by atomic mass is 9.95. The molecular formula is C14H21N5O2. The predicted molar refractivity (Wildman–Crippen MR) is 77.8 cm³/mol. The standard InChI is InChI=1S/C14H21N5O2/c1-9-16-12(19-21-9)7-15-11-6-10(8-20-5)17-13(18-11)14(2,3)4/h6H,7-8H2,1-5H3,(H,15,17,18). The van der Waals surface area contributed by atoms with Crippen molar-refractivity contribution < 1.29 is 9.26 Å². The smallest absolute Gasteiger partial charge is 0.223 e. The van der Waals surface area contributed by atoms with Crippen LogP contribution < -0.4 is 5.32 Å². The maximum Gasteiger partial charge on any atom is 0.223 e. The molecule has 0 aliphatic carbocycles. The molecule has 0 aliphatic heterocycles. The molecule has 7 heteroatoms. The molecule has 2 rings (SSSR count). The molecule has 0 saturated heterocycles. The summed E-state index contributed by atoms with van der Waals surface area (Å²) in [5.41, 5.74) is 0.701. The molecule has 2 aromatic heterocycles. The van der Waals surface area contributed by atoms with E-state index in [1.165, 1.54) is 0 Å². The zero-order valence-electron chi connectivity index (χ0n) is 13.1. The van der Waals surface area contributed by atoms with E-state index < -0.39 is 0 Å². The van der Waals surface area contributed by atoms with Crippen LogP contribution in [0.2, 0.25) is 0 Å². The second-order valence-corrected chi connectivity index (χ2v) is 5.83. The van der Waals surface area contributed by atoms with E-state index in [4.69, 9.17) is 9.26 Å². The van der Waals surface area contributed by atoms with E-state index >= 15 is 0 Å². The maximum absolute atomic E-state index is 5.16. The minimum atomic E-state index is -0.136. The number of hydrogen-bond acceptors (Lipinski definition) is 7. The van der Waals surface area contributed by atoms with Gasteiger partial charge in [-0.2, -0.15) is 4.98 Å². The lowest BCUT2D eigenvalue weighted by Crippen LogP contribution is -2.18. The first-order chi connectivity index (χ1) is 9.88. The Bertz CT molecular complexity index is 604. The van der Waals surface area contributed by atoms with E-state index in [1.807, 2.05) is 6.07 Å². The summed E-state index contributed by atoms with van der Waals surface area (Å²) in [6.45, 7) is 8.88. The van der Waals surface area contributed by atoms with Crippen molar-refractivity contribution in [1.29, 1.82) is 0 Å². The summed E-state index contributed by atoms with van der Waals surface area (Å²) in [5.74, 6) is 2.63. The second kappa shape index (κ2) is 6.17. The fourth-order valence-electron chi connectivity index (χ4n) is 1.73. The average Bonchev–Trinajstić information content (AvgIpc) is 2.81. The second-order valence-electron chi connectivity index (χ2n) is 5.83. The Kier molecular flexibility index (Phi) is 4.52. The van der Waals surface area contributed by atoms with Gasteiger partial charge in [0.2, 0.25) is 5.89 Å². The van der Waals surface area contributed by atoms with E-state index in [9.17, 15) is 0 Å². The Labute approximate surface area is 124 Å². The highest BCUT2D eigenvalue weighted by Gasteiger charge is 2.19. The van der Waals surface area contributed by atoms with Crippen molar-refractivity contribution in [2.24, 2.45) is 0 Å². The van der Waals surface area contributed by atoms with Gasteiger partial charge in [0.15, 0.2) is 5.82 Å². The fourth-order valence-corrected chi connectivity index (χ4v) is 1.73. The minimum absolute atomic E-state index is 0.136. The summed E-state index contributed by atoms with van der Waals surface area (Å²) >= 11 is 0. The quantitative estimate of drug-likeness (QED) is 0.903. The molecule has 1 N–H and O–H groups in total. The molecule has 0 radical (unpaired) electrons. The number of anilines is 1. The lowest BCUT2D eigenvalue weighted by Gasteiger charge is -2.18. The first kappa shape index (κ1) is 15.4. The zero-order chi connectivity index (χ0) is 15.5. The van der Waals surface area contributed by atoms with Crippen LogP contribution in [0.1, 0.15) is 44.0 Å². The Morgan fingerprint density at radius 3 is 2.57 bits per heavy atom. The van der Waals surface area contributed by atoms with Gasteiger partial charge in [0.05, 0.1) is 18.8 Å². The third-order valence-electron chi connectivity index (χ3n) is 2.74. The topological polar surface area (TPSA) is 86.0 Å². The van der Waals surface area contributed by atoms with Crippen molar-refractivity contribution in [3.63, 3.8) is 0 Å². The van der Waals surface area contributed by atoms with Crippen molar-refractivity contribution in [3.05, 3.63) is 29.3 Å². The molecule has 0 aliphatic rings. The number of rotatable bonds is 5. The molecule has 0 fully saturated rings. The first-order valence-electron chi connectivity index (χ1n) is 6.79. The predicted octanol–water partition coefficient (Wildman–Crippen LogP) is 2.22. The average molecular weight is 291 g/mol. The van der Waals surface area contributed by atoms with Crippen molar-refractivity contribution in [2.45, 2.75) is 46.3 Å². The summed E-state index contributed by atoms with van der Waals surface area (Å²) in [4.78, 5) is 13.2. The number of methoxy groups -OCH3 is 1. The molecule has 7 nitrogen and oxygen atoms in total. The Morgan fingerprint density at radius 2 is 2.00 bits per heavy atom. The third kappa shape index (κ3) is 4.22. The van der Waals surface area contributed by atoms with Gasteiger partial charge in [-0.1, -0.05) is 25.9 Å². The number of nitrogens with one attached hydrogen (secondary N) is 1. The number of aryl methyl sites for hydroxylation is 1. The Hall–Kier alpha value is -2.02. The van der Waals surface area contributed by atoms with Gasteiger partial charge < -0.3 is 14.6 Å². The van der Waals surface area contributed by atoms with Gasteiger partial charge in [0.1, 0.15) is 11.6 Å². The van der Waals surface area contributed by atoms with Crippen LogP contribution in [0.25, 0.3) is 0 Å². The number of aromatic nitrogens is 4. The molecule has 2 heterocycles. The molecule has 0 bridgehead atoms. The van der Waals surface area contributed by atoms with Gasteiger partial charge in [-0.05, 0) is 0 Å². The SMILES string of the molecule is COCc1cc(NCc2noc(C)n2)nc(C(C)(C)C)n1. The molecule has 2 aromatic rings. The number of nitrogens with zero attached hydrogens (tertiary/aromatic N) is 4. The minimum Gasteiger partial charge on any atom is -0.378 e. The highest BCUT2D eigenvalue weighted by atomic mass is 16.5. The molecule has 0 saturated carbocycles. The van der Waals surface area contributed by atoms with Crippen LogP contribution in [-0.4, -0.2) is 27.2 Å². The summed E-state index contributed by atoms with van der Waals surface area (Å²) < 4.78 is 10.1. The molecule has 0 atom stereocenters. The van der Waals surface area contributed by atoms with Crippen molar-refractivity contribution in [2.75, 3.05) is 12.4 Å². The van der Waals surface area contributed by atoms with Crippen molar-refractivity contribution >= 4 is 5.82 Å². The van der Waals surface area contributed by atoms with Crippen LogP contribution in [0.4, 0.5) is 5.82 Å². The summed E-state index contributed by atoms with van der Waals surface area (Å²) in [5, 5.41) is 7.04. The lowest BCUT2D eigenvalue weighted by molar-refractivity contribution is 0.181. The third-order valence-corrected chi connectivity index (χ3v) is 2.74. The van der Waals surface area contributed by atoms with Crippen LogP contribution in [0.5, 0.6) is 0 Å². The normalized spacial score (nSPS) is 11.7. The van der Waals surface area contributed by atoms with Gasteiger partial charge in [-0.15, -0.1) is 0 Å². The summed E-state index contributed by atoms with van der Waals surface area (Å²) in [6, 6.07) is 1.87. The van der Waals surface area contributed by atoms with Gasteiger partial charge in [0.25, 0.3) is 0 Å². The molecule has 0 amide bonds. The summed E-state index contributed by atoms with van der Waals surface area (Å²) in [7, 11) is 1.65. The highest BCUT2D eigenvalue weighted by molar-refractivity contribution is 5.37. The van der Waals surface area contributed by atoms with E-state index in [0.29, 0.717) is 24.9 Å². The molecule has 0 unspecified atom stereocenters. The van der Waals surface area contributed by atoms with E-state index in [-0.39, 0.29) is 5.41 Å². The zero-order valence-corrected chi connectivity index (χ0v) is 13.1. The monoisotopic (exact) mass is 291 g/mol. The molecule has 0 aromatic carbocycles. The van der Waals surface area contributed by atoms with Gasteiger partial charge in [-0.3, -0.25) is 0 Å². The number of hydrogen-bond donors (Lipinski definition) is 1. The van der Waals surface area contributed by atoms with Gasteiger partial charge in [-0.25, -0.2) is 9.97 Å². The molecule has 21 heavy (non-hydrogen) atoms. The van der Waals surface area contributed by atoms with Crippen LogP contribution in [-0.2, 0) is 23.3 Å². The van der Waals surface area contributed by atoms with Crippen LogP contribution in [0.3, 0.4) is 0 Å². The summed E-state index contributed by atoms with van der Waals surface area (Å²) in [6.07, 6.45) is 0. The fraction of sp³-hybridized carbons (Fsp3) is 0.571. The van der Waals surface area contributed by atoms with Crippen LogP contribution in [0.15, 0.2) is 10.6 Å². The largest absolute Gasteiger partial charge is 0.378 e. The van der Waals surface area contributed by atoms with Gasteiger partial charge in [0, 0.05) is 25.5 Å². The van der Waals surface area contributed by atoms with E-state index in [1.54, 1.807) is 14.0 Å². The molecular weight excluding hydrogens is 270 g/mol. The Balaban J connectivity index is 2.19. The van der Waals surface area contributed by atoms with E-state index in [2.05, 4.69) is 46.2 Å². The first-order valence-corrected chi connectivity index (χ1v) is 6.79. The van der Waals surface area contributed by atoms with Crippen molar-refractivity contribution in [3.8, 4) is 0 Å². The van der Waals surface area contributed by atoms with Crippen molar-refractivity contribution in [1.82, 2.24) is 20.1 Å². The van der Waals surface area contributed by atoms with Crippen LogP contribution in [0, 0.1) is 6.92 Å². The molecule has 0 spiro atoms. The van der Waals surface area contributed by atoms with Crippen LogP contribution >= 0.6 is 0 Å². The molecule has 114 valence electrons. The highest BCUT2D eigenvalue weighted by Crippen LogP contribution is 2.21. The van der Waals surface area contributed by atoms with Gasteiger partial charge >= 0.3 is 0 Å². The maximum atomic E-state index is 5.16. The number of ether oxygens (including phenoxy) is 1. The Morgan fingerprint density at radius 1 is 1.24 bits per heavy atom.